The van der Waals surface area contributed by atoms with E-state index in [0.29, 0.717) is 0 Å². The number of nitrogens with one attached hydrogen (secondary N) is 1. The molecule has 0 aliphatic carbocycles. The van der Waals surface area contributed by atoms with Crippen LogP contribution in [0.2, 0.25) is 0 Å². The van der Waals surface area contributed by atoms with Crippen molar-refractivity contribution in [3.05, 3.63) is 0 Å². The number of ether oxygens (including phenoxy) is 2. The van der Waals surface area contributed by atoms with Gasteiger partial charge in [-0.25, -0.2) is 9.52 Å². The third kappa shape index (κ3) is 4.37. The molecule has 0 fully saturated rings. The summed E-state index contributed by atoms with van der Waals surface area (Å²) in [5.74, 6) is -0.179. The van der Waals surface area contributed by atoms with Gasteiger partial charge in [-0.1, -0.05) is 0 Å². The molecule has 19 heavy (non-hydrogen) atoms. The van der Waals surface area contributed by atoms with Crippen LogP contribution < -0.4 is 19.1 Å². The molecular formula is C7H10ClN5O5S. The van der Waals surface area contributed by atoms with Crippen LogP contribution >= 0.6 is 10.7 Å². The second-order valence-electron chi connectivity index (χ2n) is 3.01. The predicted octanol–water partition coefficient (Wildman–Crippen LogP) is -0.482. The van der Waals surface area contributed by atoms with Gasteiger partial charge in [0.05, 0.1) is 14.2 Å². The predicted molar refractivity (Wildman–Crippen MR) is 64.6 cm³/mol. The molecule has 106 valence electrons. The van der Waals surface area contributed by atoms with Gasteiger partial charge < -0.3 is 9.47 Å². The van der Waals surface area contributed by atoms with Crippen molar-refractivity contribution in [2.75, 3.05) is 26.2 Å². The molecule has 0 bridgehead atoms. The van der Waals surface area contributed by atoms with E-state index in [4.69, 9.17) is 20.2 Å². The highest BCUT2D eigenvalue weighted by molar-refractivity contribution is 8.12. The molecule has 0 aliphatic heterocycles. The molecule has 0 atom stereocenters. The molecule has 10 nitrogen and oxygen atoms in total. The van der Waals surface area contributed by atoms with Gasteiger partial charge >= 0.3 is 27.3 Å². The molecule has 0 saturated heterocycles. The van der Waals surface area contributed by atoms with E-state index in [1.54, 1.807) is 0 Å². The number of anilines is 1. The van der Waals surface area contributed by atoms with E-state index in [2.05, 4.69) is 15.0 Å². The van der Waals surface area contributed by atoms with Gasteiger partial charge in [0.1, 0.15) is 0 Å². The fraction of sp³-hybridized carbons (Fsp3) is 0.429. The zero-order chi connectivity index (χ0) is 14.6. The standard InChI is InChI=1S/C7H10ClN5O5S/c1-13(7(14)12-19(8,15)16)4-9-5(17-2)11-6(10-4)18-3/h1-3H3,(H,12,14). The number of aromatic nitrogens is 3. The van der Waals surface area contributed by atoms with Gasteiger partial charge in [0, 0.05) is 17.7 Å². The Bertz CT molecular complexity index is 557. The van der Waals surface area contributed by atoms with Gasteiger partial charge in [-0.05, 0) is 0 Å². The van der Waals surface area contributed by atoms with Crippen molar-refractivity contribution in [1.82, 2.24) is 19.7 Å². The van der Waals surface area contributed by atoms with Crippen molar-refractivity contribution in [1.29, 1.82) is 0 Å². The van der Waals surface area contributed by atoms with Crippen LogP contribution in [0.1, 0.15) is 0 Å². The van der Waals surface area contributed by atoms with E-state index in [1.165, 1.54) is 26.0 Å². The van der Waals surface area contributed by atoms with Gasteiger partial charge in [0.25, 0.3) is 0 Å². The number of halogens is 1. The molecule has 1 aromatic rings. The van der Waals surface area contributed by atoms with Crippen LogP contribution in [0.5, 0.6) is 12.0 Å². The Morgan fingerprint density at radius 1 is 1.21 bits per heavy atom. The fourth-order valence-corrected chi connectivity index (χ4v) is 1.47. The monoisotopic (exact) mass is 311 g/mol. The third-order valence-corrected chi connectivity index (χ3v) is 2.41. The van der Waals surface area contributed by atoms with Crippen LogP contribution in [0.25, 0.3) is 0 Å². The summed E-state index contributed by atoms with van der Waals surface area (Å²) in [5, 5.41) is 0. The van der Waals surface area contributed by atoms with Crippen molar-refractivity contribution in [3.8, 4) is 12.0 Å². The van der Waals surface area contributed by atoms with Crippen LogP contribution in [0.4, 0.5) is 10.7 Å². The van der Waals surface area contributed by atoms with E-state index in [1.807, 2.05) is 0 Å². The average molecular weight is 312 g/mol. The molecule has 0 spiro atoms. The maximum atomic E-state index is 11.5. The summed E-state index contributed by atoms with van der Waals surface area (Å²) >= 11 is 0. The highest BCUT2D eigenvalue weighted by Crippen LogP contribution is 2.15. The number of amides is 2. The first kappa shape index (κ1) is 15.2. The Morgan fingerprint density at radius 3 is 2.05 bits per heavy atom. The third-order valence-electron chi connectivity index (χ3n) is 1.76. The van der Waals surface area contributed by atoms with Gasteiger partial charge in [0.2, 0.25) is 5.95 Å². The molecule has 0 unspecified atom stereocenters. The number of hydrogen-bond acceptors (Lipinski definition) is 8. The smallest absolute Gasteiger partial charge is 0.338 e. The first-order valence-electron chi connectivity index (χ1n) is 4.61. The Kier molecular flexibility index (Phi) is 4.67. The van der Waals surface area contributed by atoms with Gasteiger partial charge in [0.15, 0.2) is 0 Å². The largest absolute Gasteiger partial charge is 0.467 e. The van der Waals surface area contributed by atoms with Crippen molar-refractivity contribution in [2.45, 2.75) is 0 Å². The molecular weight excluding hydrogens is 302 g/mol. The summed E-state index contributed by atoms with van der Waals surface area (Å²) in [4.78, 5) is 23.6. The highest BCUT2D eigenvalue weighted by Gasteiger charge is 2.20. The average Bonchev–Trinajstić information content (AvgIpc) is 2.35. The van der Waals surface area contributed by atoms with Gasteiger partial charge in [-0.15, -0.1) is 4.98 Å². The fourth-order valence-electron chi connectivity index (χ4n) is 0.924. The maximum Gasteiger partial charge on any atom is 0.338 e. The second kappa shape index (κ2) is 5.84. The normalized spacial score (nSPS) is 10.7. The summed E-state index contributed by atoms with van der Waals surface area (Å²) in [6, 6.07) is -1.25. The first-order valence-corrected chi connectivity index (χ1v) is 6.92. The minimum absolute atomic E-state index is 0.102. The molecule has 0 radical (unpaired) electrons. The van der Waals surface area contributed by atoms with Crippen molar-refractivity contribution in [2.24, 2.45) is 0 Å². The van der Waals surface area contributed by atoms with Gasteiger partial charge in [-0.2, -0.15) is 18.4 Å². The number of hydrogen-bond donors (Lipinski definition) is 1. The number of carbonyl (C=O) groups excluding carboxylic acids is 1. The first-order chi connectivity index (χ1) is 8.76. The molecule has 0 saturated carbocycles. The van der Waals surface area contributed by atoms with E-state index in [-0.39, 0.29) is 18.0 Å². The molecule has 1 N–H and O–H groups in total. The second-order valence-corrected chi connectivity index (χ2v) is 5.31. The minimum atomic E-state index is -4.21. The highest BCUT2D eigenvalue weighted by atomic mass is 35.7. The van der Waals surface area contributed by atoms with Crippen molar-refractivity contribution >= 4 is 31.9 Å². The SMILES string of the molecule is COc1nc(OC)nc(N(C)C(=O)NS(=O)(=O)Cl)n1. The number of carbonyl (C=O) groups is 1. The van der Waals surface area contributed by atoms with Crippen LogP contribution in [0.3, 0.4) is 0 Å². The molecule has 1 heterocycles. The number of rotatable bonds is 4. The van der Waals surface area contributed by atoms with Crippen LogP contribution in [-0.4, -0.2) is 50.7 Å². The summed E-state index contributed by atoms with van der Waals surface area (Å²) in [5.41, 5.74) is 0. The lowest BCUT2D eigenvalue weighted by Crippen LogP contribution is -2.39. The molecule has 0 aliphatic rings. The topological polar surface area (TPSA) is 124 Å². The lowest BCUT2D eigenvalue weighted by molar-refractivity contribution is 0.252. The Balaban J connectivity index is 3.04. The summed E-state index contributed by atoms with van der Waals surface area (Å²) in [6.45, 7) is 0. The van der Waals surface area contributed by atoms with E-state index < -0.39 is 15.3 Å². The Hall–Kier alpha value is -1.88. The Labute approximate surface area is 113 Å². The van der Waals surface area contributed by atoms with Crippen LogP contribution in [0, 0.1) is 0 Å². The maximum absolute atomic E-state index is 11.5. The zero-order valence-electron chi connectivity index (χ0n) is 10.1. The number of nitrogens with zero attached hydrogens (tertiary/aromatic N) is 4. The van der Waals surface area contributed by atoms with Gasteiger partial charge in [-0.3, -0.25) is 4.90 Å². The van der Waals surface area contributed by atoms with E-state index in [0.717, 1.165) is 4.90 Å². The molecule has 12 heteroatoms. The summed E-state index contributed by atoms with van der Waals surface area (Å²) in [7, 11) is 4.52. The van der Waals surface area contributed by atoms with E-state index in [9.17, 15) is 13.2 Å². The van der Waals surface area contributed by atoms with Crippen LogP contribution in [0.15, 0.2) is 0 Å². The summed E-state index contributed by atoms with van der Waals surface area (Å²) < 4.78 is 32.6. The van der Waals surface area contributed by atoms with Crippen molar-refractivity contribution in [3.63, 3.8) is 0 Å². The molecule has 1 rings (SSSR count). The van der Waals surface area contributed by atoms with Crippen LogP contribution in [-0.2, 0) is 9.24 Å². The summed E-state index contributed by atoms with van der Waals surface area (Å²) in [6.07, 6.45) is 0. The molecule has 2 amide bonds. The number of methoxy groups -OCH3 is 2. The zero-order valence-corrected chi connectivity index (χ0v) is 11.7. The lowest BCUT2D eigenvalue weighted by atomic mass is 10.7. The Morgan fingerprint density at radius 2 is 1.68 bits per heavy atom. The number of urea groups is 1. The molecule has 1 aromatic heterocycles. The quantitative estimate of drug-likeness (QED) is 0.739. The lowest BCUT2D eigenvalue weighted by Gasteiger charge is -2.15. The van der Waals surface area contributed by atoms with E-state index >= 15 is 0 Å². The minimum Gasteiger partial charge on any atom is -0.467 e. The van der Waals surface area contributed by atoms with Crippen molar-refractivity contribution < 1.29 is 22.7 Å². The molecule has 0 aromatic carbocycles.